The number of ether oxygens (including phenoxy) is 1. The van der Waals surface area contributed by atoms with Crippen LogP contribution in [0.1, 0.15) is 23.6 Å². The Kier molecular flexibility index (Phi) is 5.49. The molecule has 0 spiro atoms. The summed E-state index contributed by atoms with van der Waals surface area (Å²) in [7, 11) is 0. The Bertz CT molecular complexity index is 866. The van der Waals surface area contributed by atoms with Crippen LogP contribution >= 0.6 is 0 Å². The van der Waals surface area contributed by atoms with E-state index in [-0.39, 0.29) is 6.03 Å². The fraction of sp³-hybridized carbons (Fsp3) is 0.300. The molecule has 0 bridgehead atoms. The van der Waals surface area contributed by atoms with Gasteiger partial charge in [-0.1, -0.05) is 12.1 Å². The van der Waals surface area contributed by atoms with Crippen molar-refractivity contribution in [3.63, 3.8) is 0 Å². The minimum absolute atomic E-state index is 0.343. The number of carbonyl (C=O) groups is 2. The molecule has 0 aliphatic carbocycles. The van der Waals surface area contributed by atoms with Gasteiger partial charge in [0, 0.05) is 30.5 Å². The van der Waals surface area contributed by atoms with E-state index in [9.17, 15) is 9.59 Å². The van der Waals surface area contributed by atoms with Crippen LogP contribution in [0.4, 0.5) is 21.0 Å². The first-order valence-corrected chi connectivity index (χ1v) is 8.87. The smallest absolute Gasteiger partial charge is 0.407 e. The molecular formula is C20H23N3O4. The molecule has 0 saturated heterocycles. The summed E-state index contributed by atoms with van der Waals surface area (Å²) in [5.74, 6) is 0.743. The van der Waals surface area contributed by atoms with Gasteiger partial charge in [0.05, 0.1) is 6.61 Å². The highest BCUT2D eigenvalue weighted by molar-refractivity contribution is 6.00. The van der Waals surface area contributed by atoms with E-state index in [0.29, 0.717) is 37.5 Å². The van der Waals surface area contributed by atoms with Crippen LogP contribution in [-0.2, 0) is 13.0 Å². The van der Waals surface area contributed by atoms with Crippen molar-refractivity contribution in [2.45, 2.75) is 26.8 Å². The highest BCUT2D eigenvalue weighted by Gasteiger charge is 2.20. The molecule has 3 amide bonds. The first-order valence-electron chi connectivity index (χ1n) is 8.87. The summed E-state index contributed by atoms with van der Waals surface area (Å²) < 4.78 is 5.55. The SMILES string of the molecule is CCOc1cc(NC(=O)Nc2ccc3c(c2)CCN(C(=O)O)C3)ccc1C. The molecule has 1 aliphatic rings. The van der Waals surface area contributed by atoms with Crippen LogP contribution in [-0.4, -0.2) is 35.3 Å². The number of carboxylic acid groups (broad SMARTS) is 1. The molecule has 1 aliphatic heterocycles. The van der Waals surface area contributed by atoms with E-state index in [1.807, 2.05) is 38.1 Å². The van der Waals surface area contributed by atoms with Gasteiger partial charge in [0.2, 0.25) is 0 Å². The van der Waals surface area contributed by atoms with Gasteiger partial charge in [-0.3, -0.25) is 0 Å². The first kappa shape index (κ1) is 18.6. The van der Waals surface area contributed by atoms with Crippen LogP contribution in [0.2, 0.25) is 0 Å². The van der Waals surface area contributed by atoms with Crippen molar-refractivity contribution in [2.75, 3.05) is 23.8 Å². The number of urea groups is 1. The van der Waals surface area contributed by atoms with Crippen molar-refractivity contribution < 1.29 is 19.4 Å². The zero-order valence-corrected chi connectivity index (χ0v) is 15.4. The van der Waals surface area contributed by atoms with Crippen molar-refractivity contribution >= 4 is 23.5 Å². The van der Waals surface area contributed by atoms with Crippen molar-refractivity contribution in [2.24, 2.45) is 0 Å². The van der Waals surface area contributed by atoms with Crippen molar-refractivity contribution in [1.29, 1.82) is 0 Å². The van der Waals surface area contributed by atoms with Gasteiger partial charge in [-0.25, -0.2) is 9.59 Å². The predicted molar refractivity (Wildman–Crippen MR) is 104 cm³/mol. The number of carbonyl (C=O) groups excluding carboxylic acids is 1. The molecule has 0 unspecified atom stereocenters. The second kappa shape index (κ2) is 7.99. The molecule has 1 heterocycles. The molecule has 27 heavy (non-hydrogen) atoms. The number of fused-ring (bicyclic) bond motifs is 1. The minimum atomic E-state index is -0.910. The molecule has 7 heteroatoms. The van der Waals surface area contributed by atoms with E-state index < -0.39 is 6.09 Å². The summed E-state index contributed by atoms with van der Waals surface area (Å²) in [5.41, 5.74) is 4.35. The summed E-state index contributed by atoms with van der Waals surface area (Å²) in [4.78, 5) is 24.8. The molecule has 3 N–H and O–H groups in total. The number of nitrogens with one attached hydrogen (secondary N) is 2. The quantitative estimate of drug-likeness (QED) is 0.757. The van der Waals surface area contributed by atoms with Crippen molar-refractivity contribution in [1.82, 2.24) is 4.90 Å². The predicted octanol–water partition coefficient (Wildman–Crippen LogP) is 4.07. The highest BCUT2D eigenvalue weighted by Crippen LogP contribution is 2.24. The topological polar surface area (TPSA) is 90.9 Å². The van der Waals surface area contributed by atoms with Crippen molar-refractivity contribution in [3.05, 3.63) is 53.1 Å². The summed E-state index contributed by atoms with van der Waals surface area (Å²) in [6, 6.07) is 10.7. The molecular weight excluding hydrogens is 346 g/mol. The van der Waals surface area contributed by atoms with E-state index >= 15 is 0 Å². The maximum atomic E-state index is 12.3. The largest absolute Gasteiger partial charge is 0.494 e. The lowest BCUT2D eigenvalue weighted by Gasteiger charge is -2.26. The number of nitrogens with zero attached hydrogens (tertiary/aromatic N) is 1. The zero-order chi connectivity index (χ0) is 19.4. The molecule has 3 rings (SSSR count). The zero-order valence-electron chi connectivity index (χ0n) is 15.4. The number of hydrogen-bond acceptors (Lipinski definition) is 3. The lowest BCUT2D eigenvalue weighted by molar-refractivity contribution is 0.140. The fourth-order valence-corrected chi connectivity index (χ4v) is 3.08. The number of aryl methyl sites for hydroxylation is 1. The average Bonchev–Trinajstić information content (AvgIpc) is 2.64. The lowest BCUT2D eigenvalue weighted by atomic mass is 9.99. The third kappa shape index (κ3) is 4.49. The molecule has 0 atom stereocenters. The molecule has 0 radical (unpaired) electrons. The maximum absolute atomic E-state index is 12.3. The summed E-state index contributed by atoms with van der Waals surface area (Å²) in [5, 5.41) is 14.7. The molecule has 0 saturated carbocycles. The maximum Gasteiger partial charge on any atom is 0.407 e. The molecule has 142 valence electrons. The lowest BCUT2D eigenvalue weighted by Crippen LogP contribution is -2.34. The molecule has 2 aromatic carbocycles. The molecule has 0 aromatic heterocycles. The van der Waals surface area contributed by atoms with Gasteiger partial charge < -0.3 is 25.4 Å². The fourth-order valence-electron chi connectivity index (χ4n) is 3.08. The Morgan fingerprint density at radius 2 is 1.81 bits per heavy atom. The third-order valence-electron chi connectivity index (χ3n) is 4.49. The second-order valence-corrected chi connectivity index (χ2v) is 6.43. The van der Waals surface area contributed by atoms with Crippen LogP contribution in [0.25, 0.3) is 0 Å². The standard InChI is InChI=1S/C20H23N3O4/c1-3-27-18-11-17(6-4-13(18)2)22-19(24)21-16-7-5-15-12-23(20(25)26)9-8-14(15)10-16/h4-7,10-11H,3,8-9,12H2,1-2H3,(H,25,26)(H2,21,22,24). The number of anilines is 2. The highest BCUT2D eigenvalue weighted by atomic mass is 16.5. The van der Waals surface area contributed by atoms with E-state index in [4.69, 9.17) is 9.84 Å². The van der Waals surface area contributed by atoms with E-state index in [2.05, 4.69) is 10.6 Å². The normalized spacial score (nSPS) is 12.9. The second-order valence-electron chi connectivity index (χ2n) is 6.43. The Morgan fingerprint density at radius 3 is 2.52 bits per heavy atom. The third-order valence-corrected chi connectivity index (χ3v) is 4.49. The van der Waals surface area contributed by atoms with Crippen LogP contribution in [0, 0.1) is 6.92 Å². The van der Waals surface area contributed by atoms with Crippen LogP contribution in [0.15, 0.2) is 36.4 Å². The van der Waals surface area contributed by atoms with Gasteiger partial charge in [-0.05, 0) is 55.2 Å². The number of amides is 3. The Labute approximate surface area is 157 Å². The number of benzene rings is 2. The van der Waals surface area contributed by atoms with Gasteiger partial charge in [0.15, 0.2) is 0 Å². The monoisotopic (exact) mass is 369 g/mol. The van der Waals surface area contributed by atoms with Gasteiger partial charge in [0.1, 0.15) is 5.75 Å². The van der Waals surface area contributed by atoms with Crippen LogP contribution < -0.4 is 15.4 Å². The Hall–Kier alpha value is -3.22. The summed E-state index contributed by atoms with van der Waals surface area (Å²) >= 11 is 0. The van der Waals surface area contributed by atoms with Gasteiger partial charge in [-0.15, -0.1) is 0 Å². The average molecular weight is 369 g/mol. The molecule has 7 nitrogen and oxygen atoms in total. The minimum Gasteiger partial charge on any atom is -0.494 e. The first-order chi connectivity index (χ1) is 13.0. The van der Waals surface area contributed by atoms with Crippen LogP contribution in [0.5, 0.6) is 5.75 Å². The van der Waals surface area contributed by atoms with E-state index in [0.717, 1.165) is 22.4 Å². The summed E-state index contributed by atoms with van der Waals surface area (Å²) in [6.07, 6.45) is -0.277. The van der Waals surface area contributed by atoms with Crippen molar-refractivity contribution in [3.8, 4) is 5.75 Å². The Balaban J connectivity index is 1.65. The summed E-state index contributed by atoms with van der Waals surface area (Å²) in [6.45, 7) is 5.26. The molecule has 2 aromatic rings. The Morgan fingerprint density at radius 1 is 1.11 bits per heavy atom. The van der Waals surface area contributed by atoms with Gasteiger partial charge >= 0.3 is 12.1 Å². The number of hydrogen-bond donors (Lipinski definition) is 3. The van der Waals surface area contributed by atoms with Gasteiger partial charge in [-0.2, -0.15) is 0 Å². The molecule has 0 fully saturated rings. The van der Waals surface area contributed by atoms with Crippen LogP contribution in [0.3, 0.4) is 0 Å². The number of rotatable bonds is 4. The van der Waals surface area contributed by atoms with E-state index in [1.165, 1.54) is 4.90 Å². The van der Waals surface area contributed by atoms with E-state index in [1.54, 1.807) is 12.1 Å². The van der Waals surface area contributed by atoms with Gasteiger partial charge in [0.25, 0.3) is 0 Å².